The van der Waals surface area contributed by atoms with Crippen LogP contribution in [0.4, 0.5) is 0 Å². The highest BCUT2D eigenvalue weighted by atomic mass is 16.7. The van der Waals surface area contributed by atoms with E-state index in [1.807, 2.05) is 13.8 Å². The SMILES string of the molecule is C[C@]12C[C@H](O)[C@H](O)C[C@H]1C(=O)C=C1[C@@H]2CC[C@]2(C)[C@@H]([C@@](C)(O)[C@@]3(O)CC[C@](C)(O)[C@@H](O)O3)CC[C@@]12O. The Morgan fingerprint density at radius 3 is 2.25 bits per heavy atom. The smallest absolute Gasteiger partial charge is 0.197 e. The third kappa shape index (κ3) is 3.27. The van der Waals surface area contributed by atoms with E-state index in [0.29, 0.717) is 24.8 Å². The quantitative estimate of drug-likeness (QED) is 0.280. The highest BCUT2D eigenvalue weighted by molar-refractivity contribution is 5.95. The second-order valence-corrected chi connectivity index (χ2v) is 13.4. The highest BCUT2D eigenvalue weighted by Crippen LogP contribution is 2.69. The van der Waals surface area contributed by atoms with Crippen LogP contribution in [0, 0.1) is 28.6 Å². The predicted molar refractivity (Wildman–Crippen MR) is 127 cm³/mol. The van der Waals surface area contributed by atoms with Gasteiger partial charge in [0.25, 0.3) is 0 Å². The molecule has 0 amide bonds. The van der Waals surface area contributed by atoms with E-state index in [1.54, 1.807) is 6.08 Å². The minimum absolute atomic E-state index is 0.0180. The third-order valence-electron chi connectivity index (χ3n) is 11.4. The van der Waals surface area contributed by atoms with Gasteiger partial charge in [-0.1, -0.05) is 13.8 Å². The topological polar surface area (TPSA) is 168 Å². The second kappa shape index (κ2) is 7.82. The molecule has 0 bridgehead atoms. The lowest BCUT2D eigenvalue weighted by Gasteiger charge is -2.61. The molecule has 5 aliphatic rings. The van der Waals surface area contributed by atoms with Crippen LogP contribution >= 0.6 is 0 Å². The zero-order chi connectivity index (χ0) is 26.7. The van der Waals surface area contributed by atoms with Crippen molar-refractivity contribution in [1.82, 2.24) is 0 Å². The lowest BCUT2D eigenvalue weighted by molar-refractivity contribution is -0.404. The van der Waals surface area contributed by atoms with E-state index < -0.39 is 63.8 Å². The van der Waals surface area contributed by atoms with Crippen molar-refractivity contribution in [3.05, 3.63) is 11.6 Å². The number of aliphatic hydroxyl groups is 7. The molecule has 0 aromatic carbocycles. The van der Waals surface area contributed by atoms with Gasteiger partial charge in [-0.25, -0.2) is 0 Å². The van der Waals surface area contributed by atoms with Crippen molar-refractivity contribution < 1.29 is 45.3 Å². The maximum atomic E-state index is 13.3. The van der Waals surface area contributed by atoms with Crippen LogP contribution in [-0.4, -0.2) is 82.6 Å². The number of ether oxygens (including phenoxy) is 1. The van der Waals surface area contributed by atoms with Crippen molar-refractivity contribution >= 4 is 5.78 Å². The summed E-state index contributed by atoms with van der Waals surface area (Å²) in [6.45, 7) is 6.73. The maximum Gasteiger partial charge on any atom is 0.197 e. The summed E-state index contributed by atoms with van der Waals surface area (Å²) in [7, 11) is 0. The lowest BCUT2D eigenvalue weighted by atomic mass is 9.45. The number of allylic oxidation sites excluding steroid dienone is 1. The summed E-state index contributed by atoms with van der Waals surface area (Å²) < 4.78 is 5.47. The van der Waals surface area contributed by atoms with E-state index in [4.69, 9.17) is 4.74 Å². The molecule has 204 valence electrons. The number of carbonyl (C=O) groups is 1. The van der Waals surface area contributed by atoms with Gasteiger partial charge in [0.05, 0.1) is 17.8 Å². The monoisotopic (exact) mass is 510 g/mol. The average molecular weight is 511 g/mol. The van der Waals surface area contributed by atoms with Gasteiger partial charge < -0.3 is 40.5 Å². The molecule has 7 N–H and O–H groups in total. The number of ketones is 1. The van der Waals surface area contributed by atoms with Gasteiger partial charge in [-0.05, 0) is 81.8 Å². The molecule has 4 fully saturated rings. The molecule has 1 heterocycles. The zero-order valence-electron chi connectivity index (χ0n) is 21.6. The number of aliphatic hydroxyl groups excluding tert-OH is 3. The van der Waals surface area contributed by atoms with E-state index in [2.05, 4.69) is 0 Å². The van der Waals surface area contributed by atoms with Crippen molar-refractivity contribution in [2.45, 2.75) is 120 Å². The van der Waals surface area contributed by atoms with Crippen molar-refractivity contribution in [2.24, 2.45) is 28.6 Å². The largest absolute Gasteiger partial charge is 0.390 e. The number of rotatable bonds is 2. The molecule has 0 aromatic rings. The molecule has 1 aliphatic heterocycles. The second-order valence-electron chi connectivity index (χ2n) is 13.4. The zero-order valence-corrected chi connectivity index (χ0v) is 21.6. The normalized spacial score (nSPS) is 56.8. The van der Waals surface area contributed by atoms with Gasteiger partial charge in [0.15, 0.2) is 17.9 Å². The van der Waals surface area contributed by atoms with E-state index in [0.717, 1.165) is 0 Å². The van der Waals surface area contributed by atoms with Crippen LogP contribution in [0.2, 0.25) is 0 Å². The molecule has 0 unspecified atom stereocenters. The summed E-state index contributed by atoms with van der Waals surface area (Å²) in [4.78, 5) is 13.3. The Kier molecular flexibility index (Phi) is 5.80. The average Bonchev–Trinajstić information content (AvgIpc) is 3.06. The van der Waals surface area contributed by atoms with E-state index in [1.165, 1.54) is 13.8 Å². The number of fused-ring (bicyclic) bond motifs is 5. The van der Waals surface area contributed by atoms with Crippen LogP contribution in [0.5, 0.6) is 0 Å². The summed E-state index contributed by atoms with van der Waals surface area (Å²) in [6.07, 6.45) is 0.138. The first-order valence-corrected chi connectivity index (χ1v) is 13.3. The summed E-state index contributed by atoms with van der Waals surface area (Å²) in [6, 6.07) is 0. The first-order valence-electron chi connectivity index (χ1n) is 13.3. The fraction of sp³-hybridized carbons (Fsp3) is 0.889. The van der Waals surface area contributed by atoms with Crippen molar-refractivity contribution in [2.75, 3.05) is 0 Å². The fourth-order valence-corrected chi connectivity index (χ4v) is 8.83. The Morgan fingerprint density at radius 2 is 1.61 bits per heavy atom. The molecule has 36 heavy (non-hydrogen) atoms. The molecule has 0 aromatic heterocycles. The molecule has 0 radical (unpaired) electrons. The van der Waals surface area contributed by atoms with Gasteiger partial charge in [-0.15, -0.1) is 0 Å². The summed E-state index contributed by atoms with van der Waals surface area (Å²) in [5.41, 5.74) is -5.71. The Labute approximate surface area is 211 Å². The fourth-order valence-electron chi connectivity index (χ4n) is 8.83. The molecule has 1 saturated heterocycles. The van der Waals surface area contributed by atoms with Crippen LogP contribution in [0.15, 0.2) is 11.6 Å². The summed E-state index contributed by atoms with van der Waals surface area (Å²) in [5, 5.41) is 76.9. The van der Waals surface area contributed by atoms with Crippen molar-refractivity contribution in [3.63, 3.8) is 0 Å². The van der Waals surface area contributed by atoms with Gasteiger partial charge in [0.2, 0.25) is 0 Å². The lowest BCUT2D eigenvalue weighted by Crippen LogP contribution is -2.68. The van der Waals surface area contributed by atoms with Crippen LogP contribution in [0.3, 0.4) is 0 Å². The first kappa shape index (κ1) is 26.7. The molecule has 0 spiro atoms. The van der Waals surface area contributed by atoms with Crippen LogP contribution in [-0.2, 0) is 9.53 Å². The minimum atomic E-state index is -2.14. The van der Waals surface area contributed by atoms with Gasteiger partial charge >= 0.3 is 0 Å². The predicted octanol–water partition coefficient (Wildman–Crippen LogP) is 0.510. The standard InChI is InChI=1S/C27H42O9/c1-22-13-19(30)18(29)12-16(22)17(28)11-15-14(22)5-7-23(2)20(6-8-26(15,23)34)25(4,33)27(35)10-9-24(3,32)21(31)36-27/h11,14,16,18-21,29-35H,5-10,12-13H2,1-4H3/t14-,16-,18+,19-,20-,21-,22+,23+,24-,25+,26+,27+/m0/s1. The molecule has 9 nitrogen and oxygen atoms in total. The van der Waals surface area contributed by atoms with E-state index in [9.17, 15) is 40.5 Å². The van der Waals surface area contributed by atoms with Gasteiger partial charge in [0.1, 0.15) is 11.2 Å². The Hall–Kier alpha value is -0.910. The molecular formula is C27H42O9. The Bertz CT molecular complexity index is 976. The number of hydrogen-bond donors (Lipinski definition) is 7. The van der Waals surface area contributed by atoms with E-state index >= 15 is 0 Å². The molecule has 9 heteroatoms. The molecule has 5 rings (SSSR count). The molecular weight excluding hydrogens is 468 g/mol. The Morgan fingerprint density at radius 1 is 0.944 bits per heavy atom. The van der Waals surface area contributed by atoms with E-state index in [-0.39, 0.29) is 43.8 Å². The van der Waals surface area contributed by atoms with Crippen LogP contribution < -0.4 is 0 Å². The first-order chi connectivity index (χ1) is 16.4. The Balaban J connectivity index is 1.51. The third-order valence-corrected chi connectivity index (χ3v) is 11.4. The number of carbonyl (C=O) groups excluding carboxylic acids is 1. The van der Waals surface area contributed by atoms with Gasteiger partial charge in [-0.3, -0.25) is 4.79 Å². The summed E-state index contributed by atoms with van der Waals surface area (Å²) >= 11 is 0. The van der Waals surface area contributed by atoms with Crippen LogP contribution in [0.25, 0.3) is 0 Å². The van der Waals surface area contributed by atoms with Gasteiger partial charge in [-0.2, -0.15) is 0 Å². The molecule has 4 aliphatic carbocycles. The van der Waals surface area contributed by atoms with Crippen molar-refractivity contribution in [1.29, 1.82) is 0 Å². The minimum Gasteiger partial charge on any atom is -0.390 e. The van der Waals surface area contributed by atoms with Crippen LogP contribution in [0.1, 0.15) is 79.1 Å². The number of hydrogen-bond acceptors (Lipinski definition) is 9. The van der Waals surface area contributed by atoms with Crippen molar-refractivity contribution in [3.8, 4) is 0 Å². The summed E-state index contributed by atoms with van der Waals surface area (Å²) in [5.74, 6) is -3.50. The maximum absolute atomic E-state index is 13.3. The molecule has 12 atom stereocenters. The van der Waals surface area contributed by atoms with Gasteiger partial charge in [0, 0.05) is 23.7 Å². The molecule has 3 saturated carbocycles. The highest BCUT2D eigenvalue weighted by Gasteiger charge is 2.71.